The molecule has 1 fully saturated rings. The molecule has 1 aromatic rings. The van der Waals surface area contributed by atoms with Crippen LogP contribution in [0.25, 0.3) is 0 Å². The molecule has 2 rings (SSSR count). The van der Waals surface area contributed by atoms with Crippen LogP contribution in [-0.2, 0) is 9.59 Å². The van der Waals surface area contributed by atoms with Gasteiger partial charge in [0, 0.05) is 36.7 Å². The van der Waals surface area contributed by atoms with Gasteiger partial charge in [-0.1, -0.05) is 56.2 Å². The van der Waals surface area contributed by atoms with Crippen molar-refractivity contribution >= 4 is 17.5 Å². The molecule has 0 heterocycles. The van der Waals surface area contributed by atoms with Crippen LogP contribution in [0.3, 0.4) is 0 Å². The first kappa shape index (κ1) is 23.0. The van der Waals surface area contributed by atoms with Crippen LogP contribution in [0.4, 0.5) is 0 Å². The molecule has 0 bridgehead atoms. The summed E-state index contributed by atoms with van der Waals surface area (Å²) in [4.78, 5) is 35.2. The second kappa shape index (κ2) is 11.7. The Morgan fingerprint density at radius 3 is 2.45 bits per heavy atom. The molecule has 1 aromatic carbocycles. The zero-order chi connectivity index (χ0) is 21.2. The largest absolute Gasteiger partial charge is 0.481 e. The number of carbonyl (C=O) groups is 3. The SMILES string of the molecule is CCCCCC(=O)c1ccc([C@H]2[C@H](O)CC(=O)[C@@H]2C/C=C\CCCC(=O)O)cc1. The third-order valence-electron chi connectivity index (χ3n) is 5.61. The molecule has 0 radical (unpaired) electrons. The number of Topliss-reactive ketones (excluding diaryl/α,β-unsaturated/α-hetero) is 2. The maximum absolute atomic E-state index is 12.4. The Morgan fingerprint density at radius 1 is 1.07 bits per heavy atom. The third-order valence-corrected chi connectivity index (χ3v) is 5.61. The fourth-order valence-electron chi connectivity index (χ4n) is 3.99. The highest BCUT2D eigenvalue weighted by Gasteiger charge is 2.41. The molecule has 0 aliphatic heterocycles. The predicted octanol–water partition coefficient (Wildman–Crippen LogP) is 4.68. The standard InChI is InChI=1S/C24H32O5/c1-2-3-6-10-20(25)17-12-14-18(15-13-17)24-19(21(26)16-22(24)27)9-7-4-5-8-11-23(28)29/h4,7,12-15,19,22,24,27H,2-3,5-6,8-11,16H2,1H3,(H,28,29)/b7-4-/t19-,22+,24+/m0/s1. The van der Waals surface area contributed by atoms with E-state index in [4.69, 9.17) is 5.11 Å². The Hall–Kier alpha value is -2.27. The zero-order valence-corrected chi connectivity index (χ0v) is 17.2. The van der Waals surface area contributed by atoms with Crippen molar-refractivity contribution in [3.63, 3.8) is 0 Å². The van der Waals surface area contributed by atoms with Gasteiger partial charge in [0.1, 0.15) is 5.78 Å². The summed E-state index contributed by atoms with van der Waals surface area (Å²) in [6.45, 7) is 2.11. The number of aliphatic hydroxyl groups is 1. The minimum absolute atomic E-state index is 0.0532. The van der Waals surface area contributed by atoms with Gasteiger partial charge in [0.25, 0.3) is 0 Å². The van der Waals surface area contributed by atoms with Crippen molar-refractivity contribution in [3.05, 3.63) is 47.5 Å². The summed E-state index contributed by atoms with van der Waals surface area (Å²) in [5, 5.41) is 19.1. The van der Waals surface area contributed by atoms with Gasteiger partial charge in [0.05, 0.1) is 6.10 Å². The number of rotatable bonds is 12. The normalized spacial score (nSPS) is 21.7. The molecule has 1 aliphatic rings. The maximum Gasteiger partial charge on any atom is 0.303 e. The highest BCUT2D eigenvalue weighted by molar-refractivity contribution is 5.96. The van der Waals surface area contributed by atoms with Crippen LogP contribution in [0.15, 0.2) is 36.4 Å². The number of carboxylic acid groups (broad SMARTS) is 1. The lowest BCUT2D eigenvalue weighted by Crippen LogP contribution is -2.18. The van der Waals surface area contributed by atoms with E-state index in [1.165, 1.54) is 0 Å². The first-order chi connectivity index (χ1) is 13.9. The number of aliphatic hydroxyl groups excluding tert-OH is 1. The number of hydrogen-bond acceptors (Lipinski definition) is 4. The number of ketones is 2. The minimum Gasteiger partial charge on any atom is -0.481 e. The van der Waals surface area contributed by atoms with Crippen molar-refractivity contribution in [3.8, 4) is 0 Å². The lowest BCUT2D eigenvalue weighted by Gasteiger charge is -2.20. The van der Waals surface area contributed by atoms with Gasteiger partial charge in [0.2, 0.25) is 0 Å². The summed E-state index contributed by atoms with van der Waals surface area (Å²) in [5.74, 6) is -1.17. The van der Waals surface area contributed by atoms with Gasteiger partial charge < -0.3 is 10.2 Å². The molecule has 2 N–H and O–H groups in total. The van der Waals surface area contributed by atoms with E-state index in [1.807, 2.05) is 24.3 Å². The molecule has 0 aromatic heterocycles. The molecule has 29 heavy (non-hydrogen) atoms. The van der Waals surface area contributed by atoms with Crippen LogP contribution >= 0.6 is 0 Å². The van der Waals surface area contributed by atoms with E-state index in [0.717, 1.165) is 24.8 Å². The monoisotopic (exact) mass is 400 g/mol. The predicted molar refractivity (Wildman–Crippen MR) is 112 cm³/mol. The van der Waals surface area contributed by atoms with Gasteiger partial charge in [-0.05, 0) is 31.2 Å². The smallest absolute Gasteiger partial charge is 0.303 e. The molecule has 0 amide bonds. The summed E-state index contributed by atoms with van der Waals surface area (Å²) in [6.07, 6.45) is 8.75. The number of carboxylic acids is 1. The van der Waals surface area contributed by atoms with Crippen LogP contribution in [0, 0.1) is 5.92 Å². The average molecular weight is 401 g/mol. The fourth-order valence-corrected chi connectivity index (χ4v) is 3.99. The topological polar surface area (TPSA) is 91.7 Å². The second-order valence-corrected chi connectivity index (χ2v) is 7.87. The van der Waals surface area contributed by atoms with Crippen LogP contribution in [0.1, 0.15) is 86.6 Å². The van der Waals surface area contributed by atoms with Crippen molar-refractivity contribution < 1.29 is 24.6 Å². The Labute approximate surface area is 172 Å². The van der Waals surface area contributed by atoms with E-state index in [0.29, 0.717) is 31.2 Å². The summed E-state index contributed by atoms with van der Waals surface area (Å²) in [6, 6.07) is 7.34. The summed E-state index contributed by atoms with van der Waals surface area (Å²) >= 11 is 0. The van der Waals surface area contributed by atoms with Gasteiger partial charge in [-0.25, -0.2) is 0 Å². The highest BCUT2D eigenvalue weighted by atomic mass is 16.4. The Kier molecular flexibility index (Phi) is 9.26. The number of aliphatic carboxylic acids is 1. The van der Waals surface area contributed by atoms with E-state index in [-0.39, 0.29) is 36.2 Å². The van der Waals surface area contributed by atoms with Gasteiger partial charge in [-0.3, -0.25) is 14.4 Å². The van der Waals surface area contributed by atoms with E-state index in [2.05, 4.69) is 6.92 Å². The van der Waals surface area contributed by atoms with Crippen LogP contribution in [-0.4, -0.2) is 33.9 Å². The molecule has 1 saturated carbocycles. The number of allylic oxidation sites excluding steroid dienone is 2. The van der Waals surface area contributed by atoms with Crippen molar-refractivity contribution in [2.75, 3.05) is 0 Å². The van der Waals surface area contributed by atoms with Crippen molar-refractivity contribution in [2.24, 2.45) is 5.92 Å². The number of hydrogen-bond donors (Lipinski definition) is 2. The quantitative estimate of drug-likeness (QED) is 0.302. The van der Waals surface area contributed by atoms with E-state index >= 15 is 0 Å². The summed E-state index contributed by atoms with van der Waals surface area (Å²) in [5.41, 5.74) is 1.57. The molecule has 0 unspecified atom stereocenters. The summed E-state index contributed by atoms with van der Waals surface area (Å²) in [7, 11) is 0. The Morgan fingerprint density at radius 2 is 1.79 bits per heavy atom. The van der Waals surface area contributed by atoms with E-state index in [1.54, 1.807) is 12.1 Å². The molecular weight excluding hydrogens is 368 g/mol. The Balaban J connectivity index is 1.98. The van der Waals surface area contributed by atoms with Crippen molar-refractivity contribution in [1.29, 1.82) is 0 Å². The van der Waals surface area contributed by atoms with Gasteiger partial charge in [-0.2, -0.15) is 0 Å². The number of benzene rings is 1. The van der Waals surface area contributed by atoms with Crippen LogP contribution in [0.5, 0.6) is 0 Å². The average Bonchev–Trinajstić information content (AvgIpc) is 2.97. The third kappa shape index (κ3) is 6.93. The lowest BCUT2D eigenvalue weighted by molar-refractivity contribution is -0.137. The molecule has 0 saturated heterocycles. The molecule has 5 heteroatoms. The van der Waals surface area contributed by atoms with E-state index < -0.39 is 12.1 Å². The van der Waals surface area contributed by atoms with Gasteiger partial charge in [0.15, 0.2) is 5.78 Å². The van der Waals surface area contributed by atoms with Crippen molar-refractivity contribution in [2.45, 2.75) is 76.7 Å². The first-order valence-corrected chi connectivity index (χ1v) is 10.6. The summed E-state index contributed by atoms with van der Waals surface area (Å²) < 4.78 is 0. The zero-order valence-electron chi connectivity index (χ0n) is 17.2. The molecule has 5 nitrogen and oxygen atoms in total. The number of unbranched alkanes of at least 4 members (excludes halogenated alkanes) is 3. The molecule has 1 aliphatic carbocycles. The fraction of sp³-hybridized carbons (Fsp3) is 0.542. The number of carbonyl (C=O) groups excluding carboxylic acids is 2. The maximum atomic E-state index is 12.4. The second-order valence-electron chi connectivity index (χ2n) is 7.87. The lowest BCUT2D eigenvalue weighted by atomic mass is 9.84. The van der Waals surface area contributed by atoms with Gasteiger partial charge in [-0.15, -0.1) is 0 Å². The Bertz CT molecular complexity index is 719. The van der Waals surface area contributed by atoms with E-state index in [9.17, 15) is 19.5 Å². The van der Waals surface area contributed by atoms with Crippen molar-refractivity contribution in [1.82, 2.24) is 0 Å². The van der Waals surface area contributed by atoms with Crippen LogP contribution < -0.4 is 0 Å². The molecule has 3 atom stereocenters. The molecule has 158 valence electrons. The highest BCUT2D eigenvalue weighted by Crippen LogP contribution is 2.40. The molecule has 0 spiro atoms. The van der Waals surface area contributed by atoms with Crippen LogP contribution in [0.2, 0.25) is 0 Å². The molecular formula is C24H32O5. The first-order valence-electron chi connectivity index (χ1n) is 10.6. The van der Waals surface area contributed by atoms with Gasteiger partial charge >= 0.3 is 5.97 Å². The minimum atomic E-state index is -0.806.